The molecule has 36 heavy (non-hydrogen) atoms. The number of amides is 1. The van der Waals surface area contributed by atoms with Crippen LogP contribution >= 0.6 is 11.3 Å². The van der Waals surface area contributed by atoms with Gasteiger partial charge in [-0.05, 0) is 60.1 Å². The number of aryl methyl sites for hydroxylation is 1. The van der Waals surface area contributed by atoms with Crippen LogP contribution in [-0.2, 0) is 16.0 Å². The predicted molar refractivity (Wildman–Crippen MR) is 139 cm³/mol. The Hall–Kier alpha value is -4.37. The molecule has 2 heterocycles. The fourth-order valence-electron chi connectivity index (χ4n) is 4.40. The molecule has 1 aliphatic rings. The second-order valence-electron chi connectivity index (χ2n) is 8.37. The molecule has 0 aliphatic heterocycles. The summed E-state index contributed by atoms with van der Waals surface area (Å²) in [6, 6.07) is 15.9. The van der Waals surface area contributed by atoms with E-state index in [0.717, 1.165) is 28.1 Å². The van der Waals surface area contributed by atoms with E-state index in [0.29, 0.717) is 28.5 Å². The molecule has 9 heteroatoms. The number of esters is 1. The number of pyridine rings is 1. The van der Waals surface area contributed by atoms with Gasteiger partial charge in [-0.3, -0.25) is 14.9 Å². The van der Waals surface area contributed by atoms with Crippen LogP contribution in [0.4, 0.5) is 11.4 Å². The Morgan fingerprint density at radius 2 is 1.97 bits per heavy atom. The van der Waals surface area contributed by atoms with Crippen LogP contribution in [-0.4, -0.2) is 28.4 Å². The molecule has 0 fully saturated rings. The molecule has 2 aromatic carbocycles. The maximum absolute atomic E-state index is 13.3. The van der Waals surface area contributed by atoms with E-state index >= 15 is 0 Å². The van der Waals surface area contributed by atoms with Crippen LogP contribution in [0.25, 0.3) is 22.6 Å². The first-order valence-electron chi connectivity index (χ1n) is 11.3. The average Bonchev–Trinajstić information content (AvgIpc) is 3.52. The fourth-order valence-corrected chi connectivity index (χ4v) is 5.08. The van der Waals surface area contributed by atoms with Gasteiger partial charge in [-0.15, -0.1) is 11.3 Å². The van der Waals surface area contributed by atoms with E-state index in [-0.39, 0.29) is 11.4 Å². The minimum absolute atomic E-state index is 0.0853. The summed E-state index contributed by atoms with van der Waals surface area (Å²) in [6.45, 7) is 1.08. The number of allylic oxidation sites excluding steroid dienone is 1. The van der Waals surface area contributed by atoms with E-state index in [2.05, 4.69) is 11.4 Å². The second kappa shape index (κ2) is 9.71. The van der Waals surface area contributed by atoms with E-state index in [9.17, 15) is 19.7 Å². The molecule has 1 N–H and O–H groups in total. The number of carbonyl (C=O) groups is 2. The molecule has 0 bridgehead atoms. The molecule has 2 aromatic heterocycles. The highest BCUT2D eigenvalue weighted by Gasteiger charge is 2.28. The number of carbonyl (C=O) groups excluding carboxylic acids is 2. The largest absolute Gasteiger partial charge is 0.452 e. The molecule has 8 nitrogen and oxygen atoms in total. The van der Waals surface area contributed by atoms with E-state index in [1.165, 1.54) is 6.07 Å². The van der Waals surface area contributed by atoms with Crippen LogP contribution in [0.1, 0.15) is 38.5 Å². The van der Waals surface area contributed by atoms with E-state index in [4.69, 9.17) is 9.72 Å². The molecule has 0 spiro atoms. The first-order chi connectivity index (χ1) is 17.4. The highest BCUT2D eigenvalue weighted by Crippen LogP contribution is 2.38. The first-order valence-corrected chi connectivity index (χ1v) is 12.2. The van der Waals surface area contributed by atoms with Crippen LogP contribution in [0.15, 0.2) is 60.0 Å². The van der Waals surface area contributed by atoms with Crippen molar-refractivity contribution in [2.24, 2.45) is 0 Å². The molecule has 180 valence electrons. The molecule has 1 aliphatic carbocycles. The maximum atomic E-state index is 13.3. The molecule has 0 saturated carbocycles. The highest BCUT2D eigenvalue weighted by atomic mass is 32.1. The van der Waals surface area contributed by atoms with Gasteiger partial charge in [-0.2, -0.15) is 0 Å². The van der Waals surface area contributed by atoms with Gasteiger partial charge < -0.3 is 10.1 Å². The van der Waals surface area contributed by atoms with Gasteiger partial charge in [0.15, 0.2) is 6.61 Å². The van der Waals surface area contributed by atoms with E-state index in [1.807, 2.05) is 41.8 Å². The topological polar surface area (TPSA) is 111 Å². The number of hydrogen-bond acceptors (Lipinski definition) is 7. The van der Waals surface area contributed by atoms with Gasteiger partial charge in [0.1, 0.15) is 5.69 Å². The van der Waals surface area contributed by atoms with Crippen LogP contribution in [0.2, 0.25) is 0 Å². The van der Waals surface area contributed by atoms with Crippen molar-refractivity contribution in [2.75, 3.05) is 11.9 Å². The van der Waals surface area contributed by atoms with Gasteiger partial charge in [0.2, 0.25) is 0 Å². The first kappa shape index (κ1) is 23.4. The fraction of sp³-hybridized carbons (Fsp3) is 0.148. The van der Waals surface area contributed by atoms with Crippen molar-refractivity contribution in [3.8, 4) is 0 Å². The zero-order valence-electron chi connectivity index (χ0n) is 19.3. The number of para-hydroxylation sites is 2. The molecular formula is C27H21N3O5S. The molecule has 0 saturated heterocycles. The number of ether oxygens (including phenoxy) is 1. The van der Waals surface area contributed by atoms with Gasteiger partial charge in [0, 0.05) is 16.3 Å². The normalized spacial score (nSPS) is 13.5. The van der Waals surface area contributed by atoms with Crippen molar-refractivity contribution < 1.29 is 19.2 Å². The number of nitro benzene ring substituents is 1. The van der Waals surface area contributed by atoms with Crippen LogP contribution in [0.5, 0.6) is 0 Å². The van der Waals surface area contributed by atoms with E-state index < -0.39 is 23.4 Å². The molecule has 4 aromatic rings. The number of rotatable bonds is 6. The average molecular weight is 500 g/mol. The Balaban J connectivity index is 1.42. The number of fused-ring (bicyclic) bond motifs is 2. The van der Waals surface area contributed by atoms with Crippen molar-refractivity contribution in [1.82, 2.24) is 4.98 Å². The van der Waals surface area contributed by atoms with Crippen LogP contribution in [0.3, 0.4) is 0 Å². The summed E-state index contributed by atoms with van der Waals surface area (Å²) < 4.78 is 5.41. The van der Waals surface area contributed by atoms with Gasteiger partial charge in [0.05, 0.1) is 21.7 Å². The summed E-state index contributed by atoms with van der Waals surface area (Å²) in [5.74, 6) is -1.29. The number of nitrogens with one attached hydrogen (secondary N) is 1. The van der Waals surface area contributed by atoms with Crippen LogP contribution in [0, 0.1) is 17.0 Å². The monoisotopic (exact) mass is 499 g/mol. The third-order valence-electron chi connectivity index (χ3n) is 6.05. The van der Waals surface area contributed by atoms with Gasteiger partial charge in [0.25, 0.3) is 11.6 Å². The highest BCUT2D eigenvalue weighted by molar-refractivity contribution is 7.10. The third-order valence-corrected chi connectivity index (χ3v) is 6.87. The summed E-state index contributed by atoms with van der Waals surface area (Å²) >= 11 is 1.63. The van der Waals surface area contributed by atoms with Crippen molar-refractivity contribution in [1.29, 1.82) is 0 Å². The number of benzene rings is 2. The molecule has 5 rings (SSSR count). The number of thiophene rings is 1. The molecule has 0 radical (unpaired) electrons. The molecule has 0 unspecified atom stereocenters. The molecular weight excluding hydrogens is 478 g/mol. The zero-order chi connectivity index (χ0) is 25.2. The Bertz CT molecular complexity index is 1540. The van der Waals surface area contributed by atoms with Gasteiger partial charge in [-0.25, -0.2) is 9.78 Å². The molecule has 0 atom stereocenters. The summed E-state index contributed by atoms with van der Waals surface area (Å²) in [4.78, 5) is 42.6. The van der Waals surface area contributed by atoms with E-state index in [1.54, 1.807) is 30.4 Å². The van der Waals surface area contributed by atoms with Crippen molar-refractivity contribution in [3.63, 3.8) is 0 Å². The van der Waals surface area contributed by atoms with Crippen LogP contribution < -0.4 is 5.32 Å². The lowest BCUT2D eigenvalue weighted by molar-refractivity contribution is -0.384. The lowest BCUT2D eigenvalue weighted by Crippen LogP contribution is -2.22. The summed E-state index contributed by atoms with van der Waals surface area (Å²) in [5, 5.41) is 16.5. The maximum Gasteiger partial charge on any atom is 0.339 e. The SMILES string of the molecule is Cc1cccc([N+](=O)[O-])c1NC(=O)COC(=O)c1c2c(nc3ccccc13)/C(=C/c1cccs1)CC2. The zero-order valence-corrected chi connectivity index (χ0v) is 20.1. The lowest BCUT2D eigenvalue weighted by Gasteiger charge is -2.13. The Morgan fingerprint density at radius 1 is 1.14 bits per heavy atom. The number of anilines is 1. The number of nitro groups is 1. The molecule has 1 amide bonds. The summed E-state index contributed by atoms with van der Waals surface area (Å²) in [7, 11) is 0. The van der Waals surface area contributed by atoms with Crippen molar-refractivity contribution >= 4 is 57.1 Å². The predicted octanol–water partition coefficient (Wildman–Crippen LogP) is 5.80. The lowest BCUT2D eigenvalue weighted by atomic mass is 10.0. The minimum atomic E-state index is -0.658. The van der Waals surface area contributed by atoms with Gasteiger partial charge in [-0.1, -0.05) is 36.4 Å². The Kier molecular flexibility index (Phi) is 6.30. The summed E-state index contributed by atoms with van der Waals surface area (Å²) in [6.07, 6.45) is 3.47. The quantitative estimate of drug-likeness (QED) is 0.204. The Labute approximate surface area is 210 Å². The minimum Gasteiger partial charge on any atom is -0.452 e. The second-order valence-corrected chi connectivity index (χ2v) is 9.35. The Morgan fingerprint density at radius 3 is 2.75 bits per heavy atom. The van der Waals surface area contributed by atoms with Crippen molar-refractivity contribution in [2.45, 2.75) is 19.8 Å². The standard InChI is InChI=1S/C27H21N3O5S/c1-16-6-4-10-22(30(33)34)25(16)29-23(31)15-35-27(32)24-19-8-2-3-9-21(19)28-26-17(11-12-20(24)26)14-18-7-5-13-36-18/h2-10,13-14H,11-12,15H2,1H3,(H,29,31)/b17-14+. The number of nitrogens with zero attached hydrogens (tertiary/aromatic N) is 2. The number of hydrogen-bond donors (Lipinski definition) is 1. The smallest absolute Gasteiger partial charge is 0.339 e. The number of aromatic nitrogens is 1. The van der Waals surface area contributed by atoms with Crippen molar-refractivity contribution in [3.05, 3.63) is 97.4 Å². The summed E-state index contributed by atoms with van der Waals surface area (Å²) in [5.41, 5.74) is 4.09. The third kappa shape index (κ3) is 4.48. The van der Waals surface area contributed by atoms with Gasteiger partial charge >= 0.3 is 5.97 Å².